The smallest absolute Gasteiger partial charge is 0.325 e. The van der Waals surface area contributed by atoms with Gasteiger partial charge in [-0.3, -0.25) is 9.69 Å². The summed E-state index contributed by atoms with van der Waals surface area (Å²) in [5, 5.41) is 11.2. The molecule has 2 rings (SSSR count). The summed E-state index contributed by atoms with van der Waals surface area (Å²) in [5.41, 5.74) is 0.227. The number of carbonyl (C=O) groups is 2. The van der Waals surface area contributed by atoms with E-state index >= 15 is 0 Å². The molecule has 0 aliphatic carbocycles. The SMILES string of the molecule is O=C(CN1CCN(c2ccccc2F)C1=O)NCCCO. The van der Waals surface area contributed by atoms with Crippen molar-refractivity contribution in [2.75, 3.05) is 37.7 Å². The average Bonchev–Trinajstić information content (AvgIpc) is 2.81. The van der Waals surface area contributed by atoms with E-state index in [1.165, 1.54) is 21.9 Å². The Bertz CT molecular complexity index is 524. The third kappa shape index (κ3) is 3.69. The molecule has 1 aromatic rings. The van der Waals surface area contributed by atoms with E-state index in [-0.39, 0.29) is 30.8 Å². The minimum atomic E-state index is -0.458. The number of aliphatic hydroxyl groups excluding tert-OH is 1. The van der Waals surface area contributed by atoms with Crippen LogP contribution in [-0.4, -0.2) is 54.7 Å². The van der Waals surface area contributed by atoms with Gasteiger partial charge >= 0.3 is 6.03 Å². The molecule has 21 heavy (non-hydrogen) atoms. The van der Waals surface area contributed by atoms with Crippen LogP contribution in [0, 0.1) is 5.82 Å². The van der Waals surface area contributed by atoms with Crippen LogP contribution in [0.5, 0.6) is 0 Å². The van der Waals surface area contributed by atoms with Gasteiger partial charge in [-0.1, -0.05) is 12.1 Å². The van der Waals surface area contributed by atoms with Gasteiger partial charge in [0.2, 0.25) is 5.91 Å². The molecule has 0 radical (unpaired) electrons. The van der Waals surface area contributed by atoms with Crippen molar-refractivity contribution in [1.29, 1.82) is 0 Å². The average molecular weight is 295 g/mol. The molecule has 0 aromatic heterocycles. The Hall–Kier alpha value is -2.15. The van der Waals surface area contributed by atoms with E-state index in [9.17, 15) is 14.0 Å². The van der Waals surface area contributed by atoms with Gasteiger partial charge < -0.3 is 15.3 Å². The lowest BCUT2D eigenvalue weighted by atomic mass is 10.3. The highest BCUT2D eigenvalue weighted by Gasteiger charge is 2.31. The zero-order valence-electron chi connectivity index (χ0n) is 11.6. The quantitative estimate of drug-likeness (QED) is 0.754. The largest absolute Gasteiger partial charge is 0.396 e. The predicted molar refractivity (Wildman–Crippen MR) is 75.4 cm³/mol. The van der Waals surface area contributed by atoms with Crippen LogP contribution in [0.15, 0.2) is 24.3 Å². The van der Waals surface area contributed by atoms with Gasteiger partial charge in [0.15, 0.2) is 0 Å². The molecule has 1 aliphatic heterocycles. The number of anilines is 1. The molecule has 114 valence electrons. The number of amides is 3. The van der Waals surface area contributed by atoms with Crippen LogP contribution in [0.1, 0.15) is 6.42 Å². The Kier molecular flexibility index (Phi) is 5.10. The second kappa shape index (κ2) is 7.03. The van der Waals surface area contributed by atoms with Gasteiger partial charge in [-0.05, 0) is 18.6 Å². The van der Waals surface area contributed by atoms with Crippen molar-refractivity contribution in [2.24, 2.45) is 0 Å². The number of rotatable bonds is 6. The van der Waals surface area contributed by atoms with Gasteiger partial charge in [0, 0.05) is 26.2 Å². The molecule has 1 aliphatic rings. The Labute approximate surface area is 122 Å². The molecule has 1 aromatic carbocycles. The van der Waals surface area contributed by atoms with Crippen LogP contribution < -0.4 is 10.2 Å². The van der Waals surface area contributed by atoms with E-state index in [0.29, 0.717) is 26.1 Å². The number of benzene rings is 1. The van der Waals surface area contributed by atoms with Crippen LogP contribution in [-0.2, 0) is 4.79 Å². The summed E-state index contributed by atoms with van der Waals surface area (Å²) in [7, 11) is 0. The highest BCUT2D eigenvalue weighted by molar-refractivity contribution is 5.96. The summed E-state index contributed by atoms with van der Waals surface area (Å²) >= 11 is 0. The Morgan fingerprint density at radius 2 is 2.10 bits per heavy atom. The standard InChI is InChI=1S/C14H18FN3O3/c15-11-4-1-2-5-12(11)18-8-7-17(14(18)21)10-13(20)16-6-3-9-19/h1-2,4-5,19H,3,6-10H2,(H,16,20). The molecule has 0 unspecified atom stereocenters. The molecule has 6 nitrogen and oxygen atoms in total. The first-order valence-corrected chi connectivity index (χ1v) is 6.82. The van der Waals surface area contributed by atoms with E-state index in [1.807, 2.05) is 0 Å². The van der Waals surface area contributed by atoms with E-state index < -0.39 is 5.82 Å². The van der Waals surface area contributed by atoms with Crippen molar-refractivity contribution in [3.8, 4) is 0 Å². The van der Waals surface area contributed by atoms with E-state index in [4.69, 9.17) is 5.11 Å². The Morgan fingerprint density at radius 3 is 2.81 bits per heavy atom. The van der Waals surface area contributed by atoms with Crippen molar-refractivity contribution in [2.45, 2.75) is 6.42 Å². The zero-order chi connectivity index (χ0) is 15.2. The molecule has 2 N–H and O–H groups in total. The topological polar surface area (TPSA) is 72.9 Å². The predicted octanol–water partition coefficient (Wildman–Crippen LogP) is 0.566. The lowest BCUT2D eigenvalue weighted by Crippen LogP contribution is -2.40. The number of urea groups is 1. The molecule has 1 heterocycles. The molecule has 0 bridgehead atoms. The van der Waals surface area contributed by atoms with Crippen LogP contribution in [0.25, 0.3) is 0 Å². The number of aliphatic hydroxyl groups is 1. The number of nitrogens with zero attached hydrogens (tertiary/aromatic N) is 2. The van der Waals surface area contributed by atoms with Crippen LogP contribution in [0.2, 0.25) is 0 Å². The van der Waals surface area contributed by atoms with Crippen LogP contribution in [0.4, 0.5) is 14.9 Å². The molecule has 0 atom stereocenters. The van der Waals surface area contributed by atoms with Gasteiger partial charge in [0.1, 0.15) is 12.4 Å². The number of hydrogen-bond acceptors (Lipinski definition) is 3. The van der Waals surface area contributed by atoms with Gasteiger partial charge in [0.25, 0.3) is 0 Å². The highest BCUT2D eigenvalue weighted by atomic mass is 19.1. The zero-order valence-corrected chi connectivity index (χ0v) is 11.6. The second-order valence-corrected chi connectivity index (χ2v) is 4.73. The lowest BCUT2D eigenvalue weighted by Gasteiger charge is -2.18. The number of hydrogen-bond donors (Lipinski definition) is 2. The molecule has 0 saturated carbocycles. The molecule has 1 saturated heterocycles. The van der Waals surface area contributed by atoms with Crippen LogP contribution in [0.3, 0.4) is 0 Å². The van der Waals surface area contributed by atoms with E-state index in [1.54, 1.807) is 12.1 Å². The Morgan fingerprint density at radius 1 is 1.33 bits per heavy atom. The van der Waals surface area contributed by atoms with E-state index in [0.717, 1.165) is 0 Å². The number of carbonyl (C=O) groups excluding carboxylic acids is 2. The first-order valence-electron chi connectivity index (χ1n) is 6.82. The maximum Gasteiger partial charge on any atom is 0.325 e. The minimum absolute atomic E-state index is 0.00396. The molecule has 3 amide bonds. The molecular weight excluding hydrogens is 277 g/mol. The maximum absolute atomic E-state index is 13.7. The third-order valence-corrected chi connectivity index (χ3v) is 3.23. The van der Waals surface area contributed by atoms with Crippen molar-refractivity contribution >= 4 is 17.6 Å². The summed E-state index contributed by atoms with van der Waals surface area (Å²) in [6.07, 6.45) is 0.473. The Balaban J connectivity index is 1.93. The van der Waals surface area contributed by atoms with Crippen molar-refractivity contribution in [1.82, 2.24) is 10.2 Å². The molecule has 7 heteroatoms. The summed E-state index contributed by atoms with van der Waals surface area (Å²) in [6.45, 7) is 1.04. The summed E-state index contributed by atoms with van der Waals surface area (Å²) in [4.78, 5) is 26.5. The van der Waals surface area contributed by atoms with Gasteiger partial charge in [-0.25, -0.2) is 9.18 Å². The highest BCUT2D eigenvalue weighted by Crippen LogP contribution is 2.23. The van der Waals surface area contributed by atoms with Gasteiger partial charge in [-0.2, -0.15) is 0 Å². The fourth-order valence-corrected chi connectivity index (χ4v) is 2.16. The first-order chi connectivity index (χ1) is 10.1. The van der Waals surface area contributed by atoms with E-state index in [2.05, 4.69) is 5.32 Å². The van der Waals surface area contributed by atoms with Gasteiger partial charge in [0.05, 0.1) is 5.69 Å². The minimum Gasteiger partial charge on any atom is -0.396 e. The van der Waals surface area contributed by atoms with Gasteiger partial charge in [-0.15, -0.1) is 0 Å². The van der Waals surface area contributed by atoms with Crippen molar-refractivity contribution in [3.05, 3.63) is 30.1 Å². The summed E-state index contributed by atoms with van der Waals surface area (Å²) < 4.78 is 13.7. The molecular formula is C14H18FN3O3. The first kappa shape index (κ1) is 15.2. The molecule has 0 spiro atoms. The van der Waals surface area contributed by atoms with Crippen molar-refractivity contribution in [3.63, 3.8) is 0 Å². The summed E-state index contributed by atoms with van der Waals surface area (Å²) in [5.74, 6) is -0.743. The normalized spacial score (nSPS) is 14.7. The fourth-order valence-electron chi connectivity index (χ4n) is 2.16. The number of nitrogens with one attached hydrogen (secondary N) is 1. The number of halogens is 1. The van der Waals surface area contributed by atoms with Crippen molar-refractivity contribution < 1.29 is 19.1 Å². The van der Waals surface area contributed by atoms with Crippen LogP contribution >= 0.6 is 0 Å². The third-order valence-electron chi connectivity index (χ3n) is 3.23. The lowest BCUT2D eigenvalue weighted by molar-refractivity contribution is -0.121. The maximum atomic E-state index is 13.7. The number of para-hydroxylation sites is 1. The fraction of sp³-hybridized carbons (Fsp3) is 0.429. The molecule has 1 fully saturated rings. The monoisotopic (exact) mass is 295 g/mol. The summed E-state index contributed by atoms with van der Waals surface area (Å²) in [6, 6.07) is 5.68. The second-order valence-electron chi connectivity index (χ2n) is 4.73.